The number of Topliss-reactive ketones (excluding diaryl/α,β-unsaturated/α-hetero) is 1. The minimum Gasteiger partial charge on any atom is -0.346 e. The molecular weight excluding hydrogens is 236 g/mol. The zero-order valence-corrected chi connectivity index (χ0v) is 10.6. The van der Waals surface area contributed by atoms with Gasteiger partial charge in [-0.05, 0) is 36.2 Å². The summed E-state index contributed by atoms with van der Waals surface area (Å²) in [4.78, 5) is 19.4. The summed E-state index contributed by atoms with van der Waals surface area (Å²) in [5.41, 5.74) is 2.67. The monoisotopic (exact) mass is 249 g/mol. The van der Waals surface area contributed by atoms with Gasteiger partial charge in [-0.3, -0.25) is 4.79 Å². The number of pyridine rings is 1. The number of ketones is 1. The highest BCUT2D eigenvalue weighted by molar-refractivity contribution is 5.92. The predicted octanol–water partition coefficient (Wildman–Crippen LogP) is 3.08. The number of nitrogens with one attached hydrogen (secondary N) is 1. The molecule has 0 saturated heterocycles. The number of aromatic amines is 1. The first-order chi connectivity index (χ1) is 9.27. The molecule has 0 fully saturated rings. The fourth-order valence-corrected chi connectivity index (χ4v) is 2.43. The van der Waals surface area contributed by atoms with E-state index in [-0.39, 0.29) is 11.7 Å². The van der Waals surface area contributed by atoms with Crippen LogP contribution in [0, 0.1) is 6.07 Å². The first-order valence-corrected chi connectivity index (χ1v) is 6.16. The van der Waals surface area contributed by atoms with Crippen molar-refractivity contribution in [2.24, 2.45) is 0 Å². The number of hydrogen-bond acceptors (Lipinski definition) is 2. The van der Waals surface area contributed by atoms with E-state index in [1.165, 1.54) is 0 Å². The average Bonchev–Trinajstić information content (AvgIpc) is 2.89. The maximum atomic E-state index is 12.1. The number of rotatable bonds is 3. The smallest absolute Gasteiger partial charge is 0.141 e. The standard InChI is InChI=1S/C16H13N2O/c1-11(19)15(12-5-3-2-4-6-12)13-7-9-17-16-14(13)8-10-18-16/h2-5,7-10,15H,1H3,(H,17,18). The van der Waals surface area contributed by atoms with E-state index in [9.17, 15) is 4.79 Å². The molecule has 2 heterocycles. The van der Waals surface area contributed by atoms with Crippen LogP contribution in [0.2, 0.25) is 0 Å². The van der Waals surface area contributed by atoms with Crippen LogP contribution < -0.4 is 0 Å². The van der Waals surface area contributed by atoms with Crippen LogP contribution in [0.5, 0.6) is 0 Å². The van der Waals surface area contributed by atoms with Crippen molar-refractivity contribution in [3.05, 3.63) is 66.0 Å². The van der Waals surface area contributed by atoms with Gasteiger partial charge in [0.25, 0.3) is 0 Å². The second-order valence-corrected chi connectivity index (χ2v) is 4.50. The molecule has 1 radical (unpaired) electrons. The maximum absolute atomic E-state index is 12.1. The number of H-pyrrole nitrogens is 1. The molecule has 2 aromatic heterocycles. The topological polar surface area (TPSA) is 45.8 Å². The quantitative estimate of drug-likeness (QED) is 0.775. The Labute approximate surface area is 111 Å². The van der Waals surface area contributed by atoms with Crippen molar-refractivity contribution in [1.29, 1.82) is 0 Å². The van der Waals surface area contributed by atoms with E-state index in [1.54, 1.807) is 13.1 Å². The molecule has 0 amide bonds. The third kappa shape index (κ3) is 2.03. The van der Waals surface area contributed by atoms with Crippen molar-refractivity contribution >= 4 is 16.8 Å². The zero-order chi connectivity index (χ0) is 13.2. The molecular formula is C16H13N2O. The van der Waals surface area contributed by atoms with Crippen LogP contribution >= 0.6 is 0 Å². The first kappa shape index (κ1) is 11.7. The third-order valence-electron chi connectivity index (χ3n) is 3.26. The molecule has 1 unspecified atom stereocenters. The second kappa shape index (κ2) is 4.69. The minimum atomic E-state index is -0.289. The summed E-state index contributed by atoms with van der Waals surface area (Å²) in [6, 6.07) is 14.6. The summed E-state index contributed by atoms with van der Waals surface area (Å²) < 4.78 is 0. The lowest BCUT2D eigenvalue weighted by Crippen LogP contribution is -2.11. The molecule has 3 nitrogen and oxygen atoms in total. The minimum absolute atomic E-state index is 0.108. The summed E-state index contributed by atoms with van der Waals surface area (Å²) >= 11 is 0. The lowest BCUT2D eigenvalue weighted by Gasteiger charge is -2.15. The van der Waals surface area contributed by atoms with Crippen molar-refractivity contribution in [2.75, 3.05) is 0 Å². The van der Waals surface area contributed by atoms with Gasteiger partial charge in [-0.25, -0.2) is 4.98 Å². The van der Waals surface area contributed by atoms with Gasteiger partial charge in [0.15, 0.2) is 0 Å². The normalized spacial score (nSPS) is 12.5. The van der Waals surface area contributed by atoms with E-state index in [1.807, 2.05) is 42.6 Å². The lowest BCUT2D eigenvalue weighted by atomic mass is 9.87. The molecule has 3 aromatic rings. The van der Waals surface area contributed by atoms with Crippen LogP contribution in [0.25, 0.3) is 11.0 Å². The number of hydrogen-bond donors (Lipinski definition) is 1. The average molecular weight is 249 g/mol. The zero-order valence-electron chi connectivity index (χ0n) is 10.6. The van der Waals surface area contributed by atoms with E-state index in [4.69, 9.17) is 0 Å². The highest BCUT2D eigenvalue weighted by Crippen LogP contribution is 2.30. The van der Waals surface area contributed by atoms with Crippen LogP contribution in [-0.4, -0.2) is 15.8 Å². The van der Waals surface area contributed by atoms with Gasteiger partial charge in [0, 0.05) is 17.8 Å². The molecule has 93 valence electrons. The van der Waals surface area contributed by atoms with Gasteiger partial charge >= 0.3 is 0 Å². The van der Waals surface area contributed by atoms with Gasteiger partial charge in [-0.2, -0.15) is 0 Å². The molecule has 3 rings (SSSR count). The SMILES string of the molecule is CC(=O)C(c1[c]cccc1)c1ccnc2[nH]ccc12. The van der Waals surface area contributed by atoms with Gasteiger partial charge in [-0.1, -0.05) is 24.3 Å². The van der Waals surface area contributed by atoms with Crippen LogP contribution in [0.4, 0.5) is 0 Å². The molecule has 0 spiro atoms. The van der Waals surface area contributed by atoms with Gasteiger partial charge in [0.05, 0.1) is 5.92 Å². The van der Waals surface area contributed by atoms with E-state index in [0.29, 0.717) is 0 Å². The number of fused-ring (bicyclic) bond motifs is 1. The molecule has 0 bridgehead atoms. The van der Waals surface area contributed by atoms with Crippen LogP contribution in [0.15, 0.2) is 48.8 Å². The molecule has 1 N–H and O–H groups in total. The van der Waals surface area contributed by atoms with Crippen LogP contribution in [-0.2, 0) is 4.79 Å². The first-order valence-electron chi connectivity index (χ1n) is 6.16. The summed E-state index contributed by atoms with van der Waals surface area (Å²) in [5, 5.41) is 0.986. The Bertz CT molecular complexity index is 716. The van der Waals surface area contributed by atoms with Crippen molar-refractivity contribution in [3.8, 4) is 0 Å². The molecule has 1 aromatic carbocycles. The number of nitrogens with zero attached hydrogens (tertiary/aromatic N) is 1. The van der Waals surface area contributed by atoms with E-state index in [2.05, 4.69) is 16.0 Å². The predicted molar refractivity (Wildman–Crippen MR) is 73.9 cm³/mol. The molecule has 1 atom stereocenters. The fourth-order valence-electron chi connectivity index (χ4n) is 2.43. The van der Waals surface area contributed by atoms with Gasteiger partial charge in [-0.15, -0.1) is 0 Å². The molecule has 19 heavy (non-hydrogen) atoms. The Morgan fingerprint density at radius 3 is 2.95 bits per heavy atom. The second-order valence-electron chi connectivity index (χ2n) is 4.50. The highest BCUT2D eigenvalue weighted by atomic mass is 16.1. The van der Waals surface area contributed by atoms with Gasteiger partial charge < -0.3 is 4.98 Å². The number of carbonyl (C=O) groups is 1. The lowest BCUT2D eigenvalue weighted by molar-refractivity contribution is -0.117. The molecule has 0 saturated carbocycles. The van der Waals surface area contributed by atoms with Gasteiger partial charge in [0.2, 0.25) is 0 Å². The van der Waals surface area contributed by atoms with E-state index in [0.717, 1.165) is 22.2 Å². The summed E-state index contributed by atoms with van der Waals surface area (Å²) in [7, 11) is 0. The Kier molecular flexibility index (Phi) is 2.88. The van der Waals surface area contributed by atoms with Crippen molar-refractivity contribution in [1.82, 2.24) is 9.97 Å². The fraction of sp³-hybridized carbons (Fsp3) is 0.125. The van der Waals surface area contributed by atoms with E-state index < -0.39 is 0 Å². The highest BCUT2D eigenvalue weighted by Gasteiger charge is 2.21. The largest absolute Gasteiger partial charge is 0.346 e. The Morgan fingerprint density at radius 1 is 1.32 bits per heavy atom. The number of carbonyl (C=O) groups excluding carboxylic acids is 1. The number of benzene rings is 1. The van der Waals surface area contributed by atoms with Gasteiger partial charge in [0.1, 0.15) is 11.4 Å². The summed E-state index contributed by atoms with van der Waals surface area (Å²) in [6.45, 7) is 1.62. The van der Waals surface area contributed by atoms with Crippen molar-refractivity contribution < 1.29 is 4.79 Å². The third-order valence-corrected chi connectivity index (χ3v) is 3.26. The van der Waals surface area contributed by atoms with Crippen LogP contribution in [0.1, 0.15) is 24.0 Å². The maximum Gasteiger partial charge on any atom is 0.141 e. The molecule has 0 aliphatic rings. The van der Waals surface area contributed by atoms with E-state index >= 15 is 0 Å². The van der Waals surface area contributed by atoms with Crippen LogP contribution in [0.3, 0.4) is 0 Å². The number of aromatic nitrogens is 2. The Morgan fingerprint density at radius 2 is 2.21 bits per heavy atom. The Balaban J connectivity index is 2.21. The van der Waals surface area contributed by atoms with Crippen molar-refractivity contribution in [2.45, 2.75) is 12.8 Å². The molecule has 0 aliphatic carbocycles. The van der Waals surface area contributed by atoms with Crippen molar-refractivity contribution in [3.63, 3.8) is 0 Å². The molecule has 3 heteroatoms. The summed E-state index contributed by atoms with van der Waals surface area (Å²) in [5.74, 6) is -0.182. The Hall–Kier alpha value is -2.42. The summed E-state index contributed by atoms with van der Waals surface area (Å²) in [6.07, 6.45) is 3.57. The molecule has 0 aliphatic heterocycles.